The maximum Gasteiger partial charge on any atom is 0.338 e. The first-order chi connectivity index (χ1) is 8.98. The SMILES string of the molecule is CC(C)(CN=[N+]=[N-])OC(=O)c1cccc(CC#N)c1. The van der Waals surface area contributed by atoms with Crippen LogP contribution < -0.4 is 0 Å². The Labute approximate surface area is 111 Å². The van der Waals surface area contributed by atoms with Gasteiger partial charge in [-0.15, -0.1) is 0 Å². The van der Waals surface area contributed by atoms with E-state index in [-0.39, 0.29) is 13.0 Å². The molecule has 0 saturated carbocycles. The molecule has 0 spiro atoms. The summed E-state index contributed by atoms with van der Waals surface area (Å²) in [6, 6.07) is 8.72. The maximum atomic E-state index is 11.9. The Morgan fingerprint density at radius 2 is 2.32 bits per heavy atom. The van der Waals surface area contributed by atoms with Crippen molar-refractivity contribution in [1.82, 2.24) is 0 Å². The molecule has 0 aliphatic carbocycles. The maximum absolute atomic E-state index is 11.9. The second-order valence-electron chi connectivity index (χ2n) is 4.57. The molecule has 0 atom stereocenters. The molecule has 1 aromatic rings. The van der Waals surface area contributed by atoms with Gasteiger partial charge in [0.05, 0.1) is 24.6 Å². The van der Waals surface area contributed by atoms with Crippen molar-refractivity contribution < 1.29 is 9.53 Å². The molecule has 6 heteroatoms. The van der Waals surface area contributed by atoms with Gasteiger partial charge in [0, 0.05) is 4.91 Å². The number of nitrogens with zero attached hydrogens (tertiary/aromatic N) is 4. The molecule has 19 heavy (non-hydrogen) atoms. The molecule has 0 fully saturated rings. The number of hydrogen-bond acceptors (Lipinski definition) is 4. The van der Waals surface area contributed by atoms with E-state index in [1.807, 2.05) is 6.07 Å². The molecule has 0 N–H and O–H groups in total. The number of carbonyl (C=O) groups excluding carboxylic acids is 1. The molecule has 0 aliphatic heterocycles. The number of ether oxygens (including phenoxy) is 1. The summed E-state index contributed by atoms with van der Waals surface area (Å²) in [6.07, 6.45) is 0.239. The molecule has 1 rings (SSSR count). The molecular formula is C13H14N4O2. The van der Waals surface area contributed by atoms with Crippen LogP contribution in [0.5, 0.6) is 0 Å². The largest absolute Gasteiger partial charge is 0.456 e. The van der Waals surface area contributed by atoms with Gasteiger partial charge in [0.2, 0.25) is 0 Å². The van der Waals surface area contributed by atoms with Crippen LogP contribution in [0.3, 0.4) is 0 Å². The third-order valence-electron chi connectivity index (χ3n) is 2.33. The van der Waals surface area contributed by atoms with Crippen molar-refractivity contribution in [2.75, 3.05) is 6.54 Å². The van der Waals surface area contributed by atoms with E-state index < -0.39 is 11.6 Å². The molecule has 98 valence electrons. The van der Waals surface area contributed by atoms with Crippen molar-refractivity contribution in [3.8, 4) is 6.07 Å². The average molecular weight is 258 g/mol. The molecule has 6 nitrogen and oxygen atoms in total. The molecule has 0 saturated heterocycles. The van der Waals surface area contributed by atoms with E-state index in [1.54, 1.807) is 38.1 Å². The van der Waals surface area contributed by atoms with Crippen molar-refractivity contribution in [2.45, 2.75) is 25.9 Å². The van der Waals surface area contributed by atoms with Crippen molar-refractivity contribution >= 4 is 5.97 Å². The Hall–Kier alpha value is -2.51. The lowest BCUT2D eigenvalue weighted by molar-refractivity contribution is 0.00298. The van der Waals surface area contributed by atoms with Gasteiger partial charge in [-0.3, -0.25) is 0 Å². The summed E-state index contributed by atoms with van der Waals surface area (Å²) in [4.78, 5) is 14.6. The third kappa shape index (κ3) is 4.70. The van der Waals surface area contributed by atoms with E-state index in [9.17, 15) is 4.79 Å². The van der Waals surface area contributed by atoms with Crippen LogP contribution in [-0.2, 0) is 11.2 Å². The minimum absolute atomic E-state index is 0.0626. The van der Waals surface area contributed by atoms with E-state index in [0.717, 1.165) is 5.56 Å². The molecule has 0 radical (unpaired) electrons. The molecule has 0 aromatic heterocycles. The van der Waals surface area contributed by atoms with Gasteiger partial charge in [-0.05, 0) is 37.1 Å². The Morgan fingerprint density at radius 1 is 1.58 bits per heavy atom. The normalized spacial score (nSPS) is 10.2. The van der Waals surface area contributed by atoms with Crippen molar-refractivity contribution in [1.29, 1.82) is 5.26 Å². The molecule has 1 aromatic carbocycles. The highest BCUT2D eigenvalue weighted by molar-refractivity contribution is 5.89. The molecule has 0 aliphatic rings. The fraction of sp³-hybridized carbons (Fsp3) is 0.385. The number of azide groups is 1. The van der Waals surface area contributed by atoms with Crippen LogP contribution in [0.25, 0.3) is 10.4 Å². The van der Waals surface area contributed by atoms with Crippen LogP contribution in [-0.4, -0.2) is 18.1 Å². The Morgan fingerprint density at radius 3 is 2.95 bits per heavy atom. The monoisotopic (exact) mass is 258 g/mol. The first kappa shape index (κ1) is 14.6. The van der Waals surface area contributed by atoms with Crippen LogP contribution in [0.2, 0.25) is 0 Å². The fourth-order valence-corrected chi connectivity index (χ4v) is 1.44. The number of rotatable bonds is 5. The van der Waals surface area contributed by atoms with Gasteiger partial charge in [0.15, 0.2) is 0 Å². The van der Waals surface area contributed by atoms with Crippen LogP contribution in [0.4, 0.5) is 0 Å². The third-order valence-corrected chi connectivity index (χ3v) is 2.33. The molecule has 0 heterocycles. The number of esters is 1. The lowest BCUT2D eigenvalue weighted by Crippen LogP contribution is -2.31. The lowest BCUT2D eigenvalue weighted by atomic mass is 10.1. The Balaban J connectivity index is 2.80. The first-order valence-electron chi connectivity index (χ1n) is 5.68. The first-order valence-corrected chi connectivity index (χ1v) is 5.68. The van der Waals surface area contributed by atoms with Crippen LogP contribution in [0.1, 0.15) is 29.8 Å². The van der Waals surface area contributed by atoms with Crippen molar-refractivity contribution in [3.63, 3.8) is 0 Å². The molecule has 0 unspecified atom stereocenters. The minimum Gasteiger partial charge on any atom is -0.456 e. The van der Waals surface area contributed by atoms with Crippen molar-refractivity contribution in [2.24, 2.45) is 5.11 Å². The van der Waals surface area contributed by atoms with Crippen LogP contribution in [0.15, 0.2) is 29.4 Å². The van der Waals surface area contributed by atoms with Gasteiger partial charge >= 0.3 is 5.97 Å². The van der Waals surface area contributed by atoms with E-state index in [1.165, 1.54) is 0 Å². The molecule has 0 bridgehead atoms. The topological polar surface area (TPSA) is 98.8 Å². The molecular weight excluding hydrogens is 244 g/mol. The number of benzene rings is 1. The van der Waals surface area contributed by atoms with Gasteiger partial charge in [0.1, 0.15) is 5.60 Å². The summed E-state index contributed by atoms with van der Waals surface area (Å²) >= 11 is 0. The minimum atomic E-state index is -0.867. The zero-order chi connectivity index (χ0) is 14.3. The smallest absolute Gasteiger partial charge is 0.338 e. The van der Waals surface area contributed by atoms with E-state index in [4.69, 9.17) is 15.5 Å². The van der Waals surface area contributed by atoms with Gasteiger partial charge < -0.3 is 4.74 Å². The fourth-order valence-electron chi connectivity index (χ4n) is 1.44. The second kappa shape index (κ2) is 6.43. The van der Waals surface area contributed by atoms with Crippen molar-refractivity contribution in [3.05, 3.63) is 45.8 Å². The summed E-state index contributed by atoms with van der Waals surface area (Å²) in [5.41, 5.74) is 8.53. The summed E-state index contributed by atoms with van der Waals surface area (Å²) in [7, 11) is 0. The van der Waals surface area contributed by atoms with Gasteiger partial charge in [-0.2, -0.15) is 5.26 Å². The van der Waals surface area contributed by atoms with Gasteiger partial charge in [-0.1, -0.05) is 17.2 Å². The number of nitriles is 1. The lowest BCUT2D eigenvalue weighted by Gasteiger charge is -2.22. The quantitative estimate of drug-likeness (QED) is 0.351. The molecule has 0 amide bonds. The number of carbonyl (C=O) groups is 1. The standard InChI is InChI=1S/C13H14N4O2/c1-13(2,9-16-17-15)19-12(18)11-5-3-4-10(8-11)6-7-14/h3-5,8H,6,9H2,1-2H3. The zero-order valence-corrected chi connectivity index (χ0v) is 10.8. The van der Waals surface area contributed by atoms with E-state index in [0.29, 0.717) is 5.56 Å². The summed E-state index contributed by atoms with van der Waals surface area (Å²) in [5.74, 6) is -0.502. The Kier molecular flexibility index (Phi) is 4.92. The van der Waals surface area contributed by atoms with Crippen LogP contribution >= 0.6 is 0 Å². The average Bonchev–Trinajstić information content (AvgIpc) is 2.37. The van der Waals surface area contributed by atoms with Gasteiger partial charge in [0.25, 0.3) is 0 Å². The van der Waals surface area contributed by atoms with E-state index >= 15 is 0 Å². The predicted molar refractivity (Wildman–Crippen MR) is 69.3 cm³/mol. The highest BCUT2D eigenvalue weighted by atomic mass is 16.6. The van der Waals surface area contributed by atoms with E-state index in [2.05, 4.69) is 10.0 Å². The summed E-state index contributed by atoms with van der Waals surface area (Å²) in [5, 5.41) is 12.0. The zero-order valence-electron chi connectivity index (χ0n) is 10.8. The van der Waals surface area contributed by atoms with Crippen LogP contribution in [0, 0.1) is 11.3 Å². The predicted octanol–water partition coefficient (Wildman–Crippen LogP) is 3.00. The highest BCUT2D eigenvalue weighted by Gasteiger charge is 2.23. The summed E-state index contributed by atoms with van der Waals surface area (Å²) in [6.45, 7) is 3.39. The number of hydrogen-bond donors (Lipinski definition) is 0. The van der Waals surface area contributed by atoms with Gasteiger partial charge in [-0.25, -0.2) is 4.79 Å². The highest BCUT2D eigenvalue weighted by Crippen LogP contribution is 2.15. The summed E-state index contributed by atoms with van der Waals surface area (Å²) < 4.78 is 5.27. The Bertz CT molecular complexity index is 554. The second-order valence-corrected chi connectivity index (χ2v) is 4.57.